The molecule has 0 unspecified atom stereocenters. The maximum absolute atomic E-state index is 14.0. The molecule has 0 aliphatic carbocycles. The van der Waals surface area contributed by atoms with Gasteiger partial charge >= 0.3 is 5.97 Å². The van der Waals surface area contributed by atoms with Crippen molar-refractivity contribution in [2.45, 2.75) is 32.1 Å². The fourth-order valence-electron chi connectivity index (χ4n) is 4.01. The molecule has 5 nitrogen and oxygen atoms in total. The molecule has 1 aliphatic rings. The van der Waals surface area contributed by atoms with Crippen LogP contribution >= 0.6 is 0 Å². The Morgan fingerprint density at radius 3 is 2.67 bits per heavy atom. The molecule has 0 spiro atoms. The third-order valence-electron chi connectivity index (χ3n) is 5.76. The van der Waals surface area contributed by atoms with E-state index in [0.717, 1.165) is 36.3 Å². The molecule has 1 atom stereocenters. The SMILES string of the molecule is CCc1nc(C[C@H](CN2CCC2)c2cccc(F)c2)c2cccc(C(=O)OC)c2n1. The van der Waals surface area contributed by atoms with Crippen LogP contribution in [0.2, 0.25) is 0 Å². The number of hydrogen-bond donors (Lipinski definition) is 0. The average Bonchev–Trinajstić information content (AvgIpc) is 2.74. The highest BCUT2D eigenvalue weighted by molar-refractivity contribution is 6.03. The molecule has 0 N–H and O–H groups in total. The van der Waals surface area contributed by atoms with Crippen LogP contribution in [0.25, 0.3) is 10.9 Å². The molecule has 2 heterocycles. The predicted octanol–water partition coefficient (Wildman–Crippen LogP) is 4.15. The van der Waals surface area contributed by atoms with Gasteiger partial charge in [0.25, 0.3) is 0 Å². The lowest BCUT2D eigenvalue weighted by Gasteiger charge is -2.34. The number of aryl methyl sites for hydroxylation is 1. The van der Waals surface area contributed by atoms with Crippen LogP contribution in [0.1, 0.15) is 46.7 Å². The Labute approximate surface area is 175 Å². The molecule has 0 radical (unpaired) electrons. The number of para-hydroxylation sites is 1. The number of methoxy groups -OCH3 is 1. The molecule has 0 saturated carbocycles. The molecule has 4 rings (SSSR count). The number of esters is 1. The Balaban J connectivity index is 1.78. The molecular formula is C24H26FN3O2. The van der Waals surface area contributed by atoms with Crippen molar-refractivity contribution in [2.75, 3.05) is 26.7 Å². The number of hydrogen-bond acceptors (Lipinski definition) is 5. The maximum Gasteiger partial charge on any atom is 0.340 e. The normalized spacial score (nSPS) is 15.0. The van der Waals surface area contributed by atoms with E-state index in [1.807, 2.05) is 25.1 Å². The van der Waals surface area contributed by atoms with Gasteiger partial charge in [0.15, 0.2) is 0 Å². The van der Waals surface area contributed by atoms with E-state index in [0.29, 0.717) is 29.7 Å². The fraction of sp³-hybridized carbons (Fsp3) is 0.375. The van der Waals surface area contributed by atoms with E-state index in [4.69, 9.17) is 9.72 Å². The smallest absolute Gasteiger partial charge is 0.340 e. The number of ether oxygens (including phenoxy) is 1. The highest BCUT2D eigenvalue weighted by Crippen LogP contribution is 2.28. The zero-order chi connectivity index (χ0) is 21.1. The summed E-state index contributed by atoms with van der Waals surface area (Å²) < 4.78 is 18.9. The first-order valence-corrected chi connectivity index (χ1v) is 10.4. The summed E-state index contributed by atoms with van der Waals surface area (Å²) in [7, 11) is 1.37. The minimum Gasteiger partial charge on any atom is -0.465 e. The van der Waals surface area contributed by atoms with Gasteiger partial charge in [-0.05, 0) is 49.7 Å². The van der Waals surface area contributed by atoms with Gasteiger partial charge in [0.2, 0.25) is 0 Å². The largest absolute Gasteiger partial charge is 0.465 e. The standard InChI is InChI=1S/C24H26FN3O2/c1-3-22-26-21(19-9-5-10-20(23(19)27-22)24(29)30-2)14-17(15-28-11-6-12-28)16-7-4-8-18(25)13-16/h4-5,7-10,13,17H,3,6,11-12,14-15H2,1-2H3/t17-/m1/s1. The predicted molar refractivity (Wildman–Crippen MR) is 114 cm³/mol. The quantitative estimate of drug-likeness (QED) is 0.551. The topological polar surface area (TPSA) is 55.3 Å². The van der Waals surface area contributed by atoms with Gasteiger partial charge in [0, 0.05) is 24.3 Å². The van der Waals surface area contributed by atoms with Gasteiger partial charge in [0.1, 0.15) is 11.6 Å². The molecule has 6 heteroatoms. The van der Waals surface area contributed by atoms with Gasteiger partial charge in [-0.3, -0.25) is 0 Å². The summed E-state index contributed by atoms with van der Waals surface area (Å²) in [5.41, 5.74) is 2.92. The third-order valence-corrected chi connectivity index (χ3v) is 5.76. The minimum atomic E-state index is -0.408. The van der Waals surface area contributed by atoms with Crippen LogP contribution in [0, 0.1) is 5.82 Å². The number of aromatic nitrogens is 2. The second-order valence-corrected chi connectivity index (χ2v) is 7.74. The van der Waals surface area contributed by atoms with Gasteiger partial charge in [-0.15, -0.1) is 0 Å². The number of carbonyl (C=O) groups excluding carboxylic acids is 1. The van der Waals surface area contributed by atoms with Crippen molar-refractivity contribution in [2.24, 2.45) is 0 Å². The molecule has 1 fully saturated rings. The van der Waals surface area contributed by atoms with Gasteiger partial charge in [-0.2, -0.15) is 0 Å². The van der Waals surface area contributed by atoms with Crippen molar-refractivity contribution in [3.63, 3.8) is 0 Å². The lowest BCUT2D eigenvalue weighted by molar-refractivity contribution is 0.0602. The summed E-state index contributed by atoms with van der Waals surface area (Å²) >= 11 is 0. The van der Waals surface area contributed by atoms with Crippen LogP contribution < -0.4 is 0 Å². The molecular weight excluding hydrogens is 381 g/mol. The number of fused-ring (bicyclic) bond motifs is 1. The van der Waals surface area contributed by atoms with Gasteiger partial charge in [0.05, 0.1) is 23.9 Å². The first kappa shape index (κ1) is 20.4. The van der Waals surface area contributed by atoms with Crippen LogP contribution in [0.5, 0.6) is 0 Å². The van der Waals surface area contributed by atoms with Crippen molar-refractivity contribution in [1.82, 2.24) is 14.9 Å². The van der Waals surface area contributed by atoms with E-state index >= 15 is 0 Å². The minimum absolute atomic E-state index is 0.102. The summed E-state index contributed by atoms with van der Waals surface area (Å²) in [5.74, 6) is 0.159. The van der Waals surface area contributed by atoms with E-state index in [-0.39, 0.29) is 11.7 Å². The third kappa shape index (κ3) is 4.19. The van der Waals surface area contributed by atoms with Gasteiger partial charge in [-0.1, -0.05) is 31.2 Å². The average molecular weight is 407 g/mol. The number of rotatable bonds is 7. The van der Waals surface area contributed by atoms with Gasteiger partial charge in [-0.25, -0.2) is 19.2 Å². The summed E-state index contributed by atoms with van der Waals surface area (Å²) in [5, 5.41) is 0.847. The Kier molecular flexibility index (Phi) is 6.04. The monoisotopic (exact) mass is 407 g/mol. The molecule has 1 aromatic heterocycles. The molecule has 156 valence electrons. The maximum atomic E-state index is 14.0. The summed E-state index contributed by atoms with van der Waals surface area (Å²) in [6.07, 6.45) is 2.51. The first-order chi connectivity index (χ1) is 14.6. The lowest BCUT2D eigenvalue weighted by atomic mass is 9.91. The van der Waals surface area contributed by atoms with E-state index in [1.165, 1.54) is 19.6 Å². The number of halogens is 1. The van der Waals surface area contributed by atoms with E-state index < -0.39 is 5.97 Å². The summed E-state index contributed by atoms with van der Waals surface area (Å²) in [6.45, 7) is 5.00. The van der Waals surface area contributed by atoms with Crippen molar-refractivity contribution in [3.05, 3.63) is 70.9 Å². The van der Waals surface area contributed by atoms with Crippen molar-refractivity contribution < 1.29 is 13.9 Å². The zero-order valence-electron chi connectivity index (χ0n) is 17.4. The van der Waals surface area contributed by atoms with E-state index in [9.17, 15) is 9.18 Å². The Hall–Kier alpha value is -2.86. The molecule has 30 heavy (non-hydrogen) atoms. The highest BCUT2D eigenvalue weighted by Gasteiger charge is 2.24. The Morgan fingerprint density at radius 1 is 1.20 bits per heavy atom. The second-order valence-electron chi connectivity index (χ2n) is 7.74. The molecule has 1 aliphatic heterocycles. The molecule has 2 aromatic carbocycles. The molecule has 1 saturated heterocycles. The van der Waals surface area contributed by atoms with Crippen LogP contribution in [0.15, 0.2) is 42.5 Å². The fourth-order valence-corrected chi connectivity index (χ4v) is 4.01. The van der Waals surface area contributed by atoms with Crippen LogP contribution in [-0.4, -0.2) is 47.6 Å². The number of benzene rings is 2. The van der Waals surface area contributed by atoms with Crippen LogP contribution in [0.4, 0.5) is 4.39 Å². The number of carbonyl (C=O) groups is 1. The Bertz CT molecular complexity index is 1070. The van der Waals surface area contributed by atoms with E-state index in [2.05, 4.69) is 9.88 Å². The summed E-state index contributed by atoms with van der Waals surface area (Å²) in [6, 6.07) is 12.4. The number of nitrogens with zero attached hydrogens (tertiary/aromatic N) is 3. The molecule has 0 amide bonds. The highest BCUT2D eigenvalue weighted by atomic mass is 19.1. The van der Waals surface area contributed by atoms with Crippen molar-refractivity contribution >= 4 is 16.9 Å². The second kappa shape index (κ2) is 8.88. The molecule has 0 bridgehead atoms. The Morgan fingerprint density at radius 2 is 2.00 bits per heavy atom. The first-order valence-electron chi connectivity index (χ1n) is 10.4. The lowest BCUT2D eigenvalue weighted by Crippen LogP contribution is -2.40. The van der Waals surface area contributed by atoms with Crippen molar-refractivity contribution in [1.29, 1.82) is 0 Å². The molecule has 3 aromatic rings. The van der Waals surface area contributed by atoms with E-state index in [1.54, 1.807) is 18.2 Å². The summed E-state index contributed by atoms with van der Waals surface area (Å²) in [4.78, 5) is 24.1. The van der Waals surface area contributed by atoms with Crippen LogP contribution in [0.3, 0.4) is 0 Å². The number of likely N-dealkylation sites (tertiary alicyclic amines) is 1. The zero-order valence-corrected chi connectivity index (χ0v) is 17.4. The van der Waals surface area contributed by atoms with Crippen molar-refractivity contribution in [3.8, 4) is 0 Å². The van der Waals surface area contributed by atoms with Gasteiger partial charge < -0.3 is 9.64 Å². The van der Waals surface area contributed by atoms with Crippen LogP contribution in [-0.2, 0) is 17.6 Å².